The Morgan fingerprint density at radius 2 is 1.47 bits per heavy atom. The number of carbonyl (C=O) groups excluding carboxylic acids is 2. The van der Waals surface area contributed by atoms with Crippen molar-refractivity contribution in [3.05, 3.63) is 70.2 Å². The van der Waals surface area contributed by atoms with Gasteiger partial charge in [0.05, 0.1) is 30.4 Å². The molecule has 6 nitrogen and oxygen atoms in total. The van der Waals surface area contributed by atoms with E-state index in [1.54, 1.807) is 34.1 Å². The van der Waals surface area contributed by atoms with Crippen LogP contribution in [-0.4, -0.2) is 84.0 Å². The zero-order chi connectivity index (χ0) is 24.1. The summed E-state index contributed by atoms with van der Waals surface area (Å²) in [5.41, 5.74) is -0.437. The number of piperazine rings is 1. The number of hydrogen-bond donors (Lipinski definition) is 0. The Hall–Kier alpha value is -2.62. The average molecular weight is 494 g/mol. The van der Waals surface area contributed by atoms with E-state index in [2.05, 4.69) is 4.90 Å². The Kier molecular flexibility index (Phi) is 5.82. The molecule has 0 aromatic heterocycles. The van der Waals surface area contributed by atoms with Crippen LogP contribution in [0.4, 0.5) is 13.2 Å². The maximum atomic E-state index is 13.2. The maximum absolute atomic E-state index is 13.2. The van der Waals surface area contributed by atoms with Gasteiger partial charge in [0.2, 0.25) is 0 Å². The van der Waals surface area contributed by atoms with Crippen molar-refractivity contribution in [1.82, 2.24) is 14.7 Å². The predicted molar refractivity (Wildman–Crippen MR) is 119 cm³/mol. The van der Waals surface area contributed by atoms with Crippen LogP contribution >= 0.6 is 11.6 Å². The van der Waals surface area contributed by atoms with Crippen LogP contribution in [0.2, 0.25) is 5.02 Å². The van der Waals surface area contributed by atoms with Crippen molar-refractivity contribution >= 4 is 23.4 Å². The molecule has 0 saturated carbocycles. The van der Waals surface area contributed by atoms with Crippen LogP contribution in [0.1, 0.15) is 26.3 Å². The molecule has 2 amide bonds. The van der Waals surface area contributed by atoms with Gasteiger partial charge < -0.3 is 14.5 Å². The van der Waals surface area contributed by atoms with Crippen LogP contribution in [-0.2, 0) is 10.9 Å². The van der Waals surface area contributed by atoms with Crippen molar-refractivity contribution in [2.45, 2.75) is 17.8 Å². The first-order valence-corrected chi connectivity index (χ1v) is 11.4. The predicted octanol–water partition coefficient (Wildman–Crippen LogP) is 3.41. The fourth-order valence-corrected chi connectivity index (χ4v) is 5.33. The fourth-order valence-electron chi connectivity index (χ4n) is 5.20. The largest absolute Gasteiger partial charge is 0.416 e. The number of alkyl halides is 3. The minimum Gasteiger partial charge on any atom is -0.378 e. The molecular formula is C24H23ClF3N3O3. The second kappa shape index (κ2) is 8.55. The van der Waals surface area contributed by atoms with E-state index < -0.39 is 17.3 Å². The molecule has 1 unspecified atom stereocenters. The number of nitrogens with zero attached hydrogens (tertiary/aromatic N) is 3. The summed E-state index contributed by atoms with van der Waals surface area (Å²) in [6, 6.07) is 11.0. The van der Waals surface area contributed by atoms with Crippen LogP contribution in [0.5, 0.6) is 0 Å². The van der Waals surface area contributed by atoms with Crippen molar-refractivity contribution < 1.29 is 27.5 Å². The van der Waals surface area contributed by atoms with E-state index in [-0.39, 0.29) is 23.4 Å². The highest BCUT2D eigenvalue weighted by molar-refractivity contribution is 6.30. The van der Waals surface area contributed by atoms with Gasteiger partial charge in [-0.05, 0) is 48.5 Å². The van der Waals surface area contributed by atoms with Gasteiger partial charge in [-0.25, -0.2) is 0 Å². The van der Waals surface area contributed by atoms with E-state index >= 15 is 0 Å². The van der Waals surface area contributed by atoms with Crippen LogP contribution in [0.3, 0.4) is 0 Å². The van der Waals surface area contributed by atoms with Crippen molar-refractivity contribution in [3.63, 3.8) is 0 Å². The van der Waals surface area contributed by atoms with E-state index in [4.69, 9.17) is 16.3 Å². The summed E-state index contributed by atoms with van der Waals surface area (Å²) in [5, 5.41) is 0.551. The lowest BCUT2D eigenvalue weighted by Crippen LogP contribution is -2.81. The highest BCUT2D eigenvalue weighted by atomic mass is 35.5. The first-order valence-electron chi connectivity index (χ1n) is 11.0. The van der Waals surface area contributed by atoms with Crippen molar-refractivity contribution in [2.75, 3.05) is 45.9 Å². The Morgan fingerprint density at radius 1 is 0.912 bits per heavy atom. The topological polar surface area (TPSA) is 53.1 Å². The number of fused-ring (bicyclic) bond motifs is 2. The third-order valence-corrected chi connectivity index (χ3v) is 7.10. The lowest BCUT2D eigenvalue weighted by molar-refractivity contribution is -0.148. The van der Waals surface area contributed by atoms with E-state index in [0.29, 0.717) is 56.5 Å². The Balaban J connectivity index is 1.33. The molecule has 3 fully saturated rings. The van der Waals surface area contributed by atoms with Crippen LogP contribution < -0.4 is 0 Å². The number of carbonyl (C=O) groups is 2. The fraction of sp³-hybridized carbons (Fsp3) is 0.417. The lowest BCUT2D eigenvalue weighted by atomic mass is 9.82. The van der Waals surface area contributed by atoms with Crippen LogP contribution in [0, 0.1) is 0 Å². The van der Waals surface area contributed by atoms with E-state index in [1.165, 1.54) is 12.1 Å². The number of ether oxygens (including phenoxy) is 1. The molecule has 0 radical (unpaired) electrons. The normalized spacial score (nSPS) is 22.3. The standard InChI is InChI=1S/C24H23ClF3N3O3/c25-19-7-3-17(4-8-19)21(32)29-11-20-12-34-10-9-31(20)23(13-29)14-30(15-23)22(33)16-1-5-18(6-2-16)24(26,27)28/h1-8,20H,9-15H2. The maximum Gasteiger partial charge on any atom is 0.416 e. The molecule has 1 atom stereocenters. The summed E-state index contributed by atoms with van der Waals surface area (Å²) in [6.45, 7) is 3.56. The van der Waals surface area contributed by atoms with Crippen molar-refractivity contribution in [1.29, 1.82) is 0 Å². The van der Waals surface area contributed by atoms with Gasteiger partial charge in [0.25, 0.3) is 11.8 Å². The van der Waals surface area contributed by atoms with Crippen molar-refractivity contribution in [3.8, 4) is 0 Å². The quantitative estimate of drug-likeness (QED) is 0.643. The number of morpholine rings is 1. The number of halogens is 4. The molecule has 5 rings (SSSR count). The smallest absolute Gasteiger partial charge is 0.378 e. The Morgan fingerprint density at radius 3 is 2.09 bits per heavy atom. The zero-order valence-corrected chi connectivity index (χ0v) is 19.0. The summed E-state index contributed by atoms with van der Waals surface area (Å²) in [6.07, 6.45) is -4.45. The molecule has 3 heterocycles. The average Bonchev–Trinajstić information content (AvgIpc) is 2.81. The van der Waals surface area contributed by atoms with Gasteiger partial charge >= 0.3 is 6.18 Å². The molecule has 3 aliphatic rings. The van der Waals surface area contributed by atoms with Gasteiger partial charge in [-0.3, -0.25) is 14.5 Å². The second-order valence-corrected chi connectivity index (χ2v) is 9.51. The number of likely N-dealkylation sites (tertiary alicyclic amines) is 1. The van der Waals surface area contributed by atoms with E-state index in [1.807, 2.05) is 0 Å². The molecule has 10 heteroatoms. The summed E-state index contributed by atoms with van der Waals surface area (Å²) in [4.78, 5) is 31.9. The molecule has 34 heavy (non-hydrogen) atoms. The number of amides is 2. The summed E-state index contributed by atoms with van der Waals surface area (Å²) < 4.78 is 44.2. The Bertz CT molecular complexity index is 1090. The summed E-state index contributed by atoms with van der Waals surface area (Å²) in [5.74, 6) is -0.418. The summed E-state index contributed by atoms with van der Waals surface area (Å²) in [7, 11) is 0. The molecule has 3 saturated heterocycles. The zero-order valence-electron chi connectivity index (χ0n) is 18.2. The number of rotatable bonds is 2. The van der Waals surface area contributed by atoms with Crippen LogP contribution in [0.25, 0.3) is 0 Å². The molecule has 2 aromatic rings. The second-order valence-electron chi connectivity index (χ2n) is 9.08. The van der Waals surface area contributed by atoms with Gasteiger partial charge in [0, 0.05) is 48.9 Å². The highest BCUT2D eigenvalue weighted by Crippen LogP contribution is 2.37. The summed E-state index contributed by atoms with van der Waals surface area (Å²) >= 11 is 5.96. The molecule has 3 aliphatic heterocycles. The molecule has 180 valence electrons. The molecule has 1 spiro atoms. The van der Waals surface area contributed by atoms with Crippen molar-refractivity contribution in [2.24, 2.45) is 0 Å². The van der Waals surface area contributed by atoms with Gasteiger partial charge in [-0.15, -0.1) is 0 Å². The number of benzene rings is 2. The molecule has 0 bridgehead atoms. The van der Waals surface area contributed by atoms with Gasteiger partial charge in [0.1, 0.15) is 0 Å². The third-order valence-electron chi connectivity index (χ3n) is 6.85. The van der Waals surface area contributed by atoms with Gasteiger partial charge in [-0.1, -0.05) is 11.6 Å². The van der Waals surface area contributed by atoms with E-state index in [9.17, 15) is 22.8 Å². The molecular weight excluding hydrogens is 471 g/mol. The minimum absolute atomic E-state index is 0.0158. The SMILES string of the molecule is O=C(c1ccc(Cl)cc1)N1CC2COCCN2C2(C1)CN(C(=O)c1ccc(C(F)(F)F)cc1)C2. The van der Waals surface area contributed by atoms with Gasteiger partial charge in [0.15, 0.2) is 0 Å². The minimum atomic E-state index is -4.45. The molecule has 2 aromatic carbocycles. The monoisotopic (exact) mass is 493 g/mol. The van der Waals surface area contributed by atoms with E-state index in [0.717, 1.165) is 12.1 Å². The molecule has 0 aliphatic carbocycles. The molecule has 0 N–H and O–H groups in total. The lowest BCUT2D eigenvalue weighted by Gasteiger charge is -2.63. The van der Waals surface area contributed by atoms with Gasteiger partial charge in [-0.2, -0.15) is 13.2 Å². The number of hydrogen-bond acceptors (Lipinski definition) is 4. The first kappa shape index (κ1) is 23.1. The first-order chi connectivity index (χ1) is 16.2. The van der Waals surface area contributed by atoms with Crippen LogP contribution in [0.15, 0.2) is 48.5 Å². The third kappa shape index (κ3) is 4.16. The Labute approximate surface area is 199 Å². The highest BCUT2D eigenvalue weighted by Gasteiger charge is 2.56.